The van der Waals surface area contributed by atoms with Crippen LogP contribution in [0.25, 0.3) is 0 Å². The maximum Gasteiger partial charge on any atom is 0.246 e. The van der Waals surface area contributed by atoms with Crippen LogP contribution >= 0.6 is 0 Å². The van der Waals surface area contributed by atoms with Crippen LogP contribution in [0, 0.1) is 12.8 Å². The molecule has 1 aromatic rings. The molecule has 0 aliphatic carbocycles. The molecule has 1 aliphatic heterocycles. The van der Waals surface area contributed by atoms with Crippen LogP contribution in [0.3, 0.4) is 0 Å². The third kappa shape index (κ3) is 3.45. The Hall–Kier alpha value is -0.960. The van der Waals surface area contributed by atoms with Crippen molar-refractivity contribution in [3.63, 3.8) is 0 Å². The van der Waals surface area contributed by atoms with Gasteiger partial charge in [0.25, 0.3) is 0 Å². The normalized spacial score (nSPS) is 18.5. The number of aliphatic hydroxyl groups is 1. The smallest absolute Gasteiger partial charge is 0.246 e. The molecule has 2 rings (SSSR count). The van der Waals surface area contributed by atoms with Crippen molar-refractivity contribution >= 4 is 10.0 Å². The van der Waals surface area contributed by atoms with Crippen LogP contribution in [0.2, 0.25) is 0 Å². The van der Waals surface area contributed by atoms with E-state index in [4.69, 9.17) is 0 Å². The Morgan fingerprint density at radius 1 is 1.43 bits per heavy atom. The zero-order valence-electron chi connectivity index (χ0n) is 12.8. The maximum atomic E-state index is 12.7. The van der Waals surface area contributed by atoms with Gasteiger partial charge < -0.3 is 10.0 Å². The number of rotatable bonds is 5. The summed E-state index contributed by atoms with van der Waals surface area (Å²) in [5.41, 5.74) is 0.650. The van der Waals surface area contributed by atoms with Gasteiger partial charge in [-0.25, -0.2) is 12.7 Å². The average molecular weight is 316 g/mol. The first-order valence-corrected chi connectivity index (χ1v) is 8.59. The van der Waals surface area contributed by atoms with Crippen molar-refractivity contribution in [2.75, 3.05) is 33.7 Å². The lowest BCUT2D eigenvalue weighted by atomic mass is 9.97. The van der Waals surface area contributed by atoms with Gasteiger partial charge in [-0.05, 0) is 45.8 Å². The van der Waals surface area contributed by atoms with E-state index < -0.39 is 10.0 Å². The predicted molar refractivity (Wildman–Crippen MR) is 79.3 cm³/mol. The monoisotopic (exact) mass is 316 g/mol. The van der Waals surface area contributed by atoms with Crippen LogP contribution < -0.4 is 0 Å². The van der Waals surface area contributed by atoms with Gasteiger partial charge >= 0.3 is 0 Å². The predicted octanol–water partition coefficient (Wildman–Crippen LogP) is 0.173. The third-order valence-corrected chi connectivity index (χ3v) is 6.16. The minimum Gasteiger partial charge on any atom is -0.390 e. The van der Waals surface area contributed by atoms with E-state index >= 15 is 0 Å². The van der Waals surface area contributed by atoms with Crippen LogP contribution in [0.5, 0.6) is 0 Å². The number of likely N-dealkylation sites (tertiary alicyclic amines) is 1. The van der Waals surface area contributed by atoms with Crippen molar-refractivity contribution < 1.29 is 13.5 Å². The fourth-order valence-electron chi connectivity index (χ4n) is 2.78. The standard InChI is InChI=1S/C13H24N4O3S/c1-10-13(12(9-18)15-14-10)21(19,20)17(3)8-11-4-6-16(2)7-5-11/h11,18H,4-9H2,1-3H3,(H,14,15). The minimum atomic E-state index is -3.62. The number of aromatic amines is 1. The maximum absolute atomic E-state index is 12.7. The molecule has 2 N–H and O–H groups in total. The fraction of sp³-hybridized carbons (Fsp3) is 0.769. The van der Waals surface area contributed by atoms with E-state index in [0.717, 1.165) is 25.9 Å². The van der Waals surface area contributed by atoms with Crippen LogP contribution in [-0.4, -0.2) is 66.7 Å². The van der Waals surface area contributed by atoms with Gasteiger partial charge in [0, 0.05) is 13.6 Å². The molecule has 1 saturated heterocycles. The van der Waals surface area contributed by atoms with E-state index in [2.05, 4.69) is 22.1 Å². The number of aryl methyl sites for hydroxylation is 1. The highest BCUT2D eigenvalue weighted by Crippen LogP contribution is 2.24. The van der Waals surface area contributed by atoms with Crippen molar-refractivity contribution in [3.8, 4) is 0 Å². The molecule has 0 bridgehead atoms. The van der Waals surface area contributed by atoms with Crippen LogP contribution in [-0.2, 0) is 16.6 Å². The summed E-state index contributed by atoms with van der Waals surface area (Å²) >= 11 is 0. The summed E-state index contributed by atoms with van der Waals surface area (Å²) in [6.07, 6.45) is 2.02. The molecule has 0 amide bonds. The van der Waals surface area contributed by atoms with E-state index in [1.807, 2.05) is 0 Å². The van der Waals surface area contributed by atoms with Crippen molar-refractivity contribution in [1.82, 2.24) is 19.4 Å². The van der Waals surface area contributed by atoms with Gasteiger partial charge in [-0.2, -0.15) is 5.10 Å². The molecule has 2 heterocycles. The van der Waals surface area contributed by atoms with Crippen LogP contribution in [0.15, 0.2) is 4.90 Å². The van der Waals surface area contributed by atoms with E-state index in [0.29, 0.717) is 18.2 Å². The second kappa shape index (κ2) is 6.43. The second-order valence-corrected chi connectivity index (χ2v) is 7.80. The first-order chi connectivity index (χ1) is 9.86. The Kier molecular flexibility index (Phi) is 5.03. The Labute approximate surface area is 126 Å². The summed E-state index contributed by atoms with van der Waals surface area (Å²) in [7, 11) is 0.0648. The average Bonchev–Trinajstić information content (AvgIpc) is 2.83. The molecule has 0 unspecified atom stereocenters. The third-order valence-electron chi connectivity index (χ3n) is 4.13. The molecule has 0 radical (unpaired) electrons. The lowest BCUT2D eigenvalue weighted by Crippen LogP contribution is -2.38. The molecule has 0 atom stereocenters. The Morgan fingerprint density at radius 3 is 2.62 bits per heavy atom. The molecule has 7 nitrogen and oxygen atoms in total. The number of nitrogens with one attached hydrogen (secondary N) is 1. The SMILES string of the molecule is Cc1[nH]nc(CO)c1S(=O)(=O)N(C)CC1CCN(C)CC1. The van der Waals surface area contributed by atoms with Crippen molar-refractivity contribution in [1.29, 1.82) is 0 Å². The molecule has 0 spiro atoms. The Morgan fingerprint density at radius 2 is 2.05 bits per heavy atom. The molecule has 1 aliphatic rings. The van der Waals surface area contributed by atoms with E-state index in [1.165, 1.54) is 4.31 Å². The summed E-state index contributed by atoms with van der Waals surface area (Å²) in [5, 5.41) is 15.7. The molecule has 1 aromatic heterocycles. The number of aliphatic hydroxyl groups excluding tert-OH is 1. The highest BCUT2D eigenvalue weighted by Gasteiger charge is 2.30. The van der Waals surface area contributed by atoms with E-state index in [1.54, 1.807) is 14.0 Å². The number of aromatic nitrogens is 2. The second-order valence-electron chi connectivity index (χ2n) is 5.81. The molecule has 1 fully saturated rings. The summed E-state index contributed by atoms with van der Waals surface area (Å²) in [4.78, 5) is 2.37. The van der Waals surface area contributed by atoms with Gasteiger partial charge in [0.05, 0.1) is 12.3 Å². The molecule has 0 aromatic carbocycles. The molecular formula is C13H24N4O3S. The molecule has 21 heavy (non-hydrogen) atoms. The van der Waals surface area contributed by atoms with Crippen molar-refractivity contribution in [2.24, 2.45) is 5.92 Å². The number of nitrogens with zero attached hydrogens (tertiary/aromatic N) is 3. The molecular weight excluding hydrogens is 292 g/mol. The Bertz CT molecular complexity index is 576. The lowest BCUT2D eigenvalue weighted by molar-refractivity contribution is 0.202. The largest absolute Gasteiger partial charge is 0.390 e. The number of sulfonamides is 1. The topological polar surface area (TPSA) is 89.5 Å². The summed E-state index contributed by atoms with van der Waals surface area (Å²) in [6.45, 7) is 3.78. The first kappa shape index (κ1) is 16.4. The van der Waals surface area contributed by atoms with Crippen molar-refractivity contribution in [3.05, 3.63) is 11.4 Å². The number of hydrogen-bond donors (Lipinski definition) is 2. The number of piperidine rings is 1. The van der Waals surface area contributed by atoms with Gasteiger partial charge in [0.2, 0.25) is 10.0 Å². The highest BCUT2D eigenvalue weighted by molar-refractivity contribution is 7.89. The fourth-order valence-corrected chi connectivity index (χ4v) is 4.34. The van der Waals surface area contributed by atoms with Gasteiger partial charge in [-0.15, -0.1) is 0 Å². The highest BCUT2D eigenvalue weighted by atomic mass is 32.2. The zero-order valence-corrected chi connectivity index (χ0v) is 13.7. The van der Waals surface area contributed by atoms with Crippen LogP contribution in [0.1, 0.15) is 24.2 Å². The van der Waals surface area contributed by atoms with Gasteiger partial charge in [0.15, 0.2) is 0 Å². The molecule has 0 saturated carbocycles. The summed E-state index contributed by atoms with van der Waals surface area (Å²) in [6, 6.07) is 0. The molecule has 8 heteroatoms. The zero-order chi connectivity index (χ0) is 15.6. The van der Waals surface area contributed by atoms with Gasteiger partial charge in [-0.1, -0.05) is 0 Å². The number of H-pyrrole nitrogens is 1. The van der Waals surface area contributed by atoms with E-state index in [-0.39, 0.29) is 17.2 Å². The van der Waals surface area contributed by atoms with Crippen molar-refractivity contribution in [2.45, 2.75) is 31.3 Å². The molecule has 120 valence electrons. The van der Waals surface area contributed by atoms with Crippen LogP contribution in [0.4, 0.5) is 0 Å². The first-order valence-electron chi connectivity index (χ1n) is 7.15. The van der Waals surface area contributed by atoms with Gasteiger partial charge in [-0.3, -0.25) is 5.10 Å². The number of hydrogen-bond acceptors (Lipinski definition) is 5. The lowest BCUT2D eigenvalue weighted by Gasteiger charge is -2.31. The summed E-state index contributed by atoms with van der Waals surface area (Å²) in [5.74, 6) is 0.380. The minimum absolute atomic E-state index is 0.112. The van der Waals surface area contributed by atoms with E-state index in [9.17, 15) is 13.5 Å². The quantitative estimate of drug-likeness (QED) is 0.808. The Balaban J connectivity index is 2.13. The summed E-state index contributed by atoms with van der Waals surface area (Å²) < 4.78 is 26.7. The van der Waals surface area contributed by atoms with Gasteiger partial charge in [0.1, 0.15) is 10.6 Å².